The van der Waals surface area contributed by atoms with Gasteiger partial charge in [-0.15, -0.1) is 0 Å². The van der Waals surface area contributed by atoms with Gasteiger partial charge in [0.2, 0.25) is 0 Å². The largest absolute Gasteiger partial charge is 0.456 e. The fourth-order valence-electron chi connectivity index (χ4n) is 11.7. The lowest BCUT2D eigenvalue weighted by Crippen LogP contribution is -2.25. The highest BCUT2D eigenvalue weighted by Gasteiger charge is 2.52. The number of furan rings is 1. The van der Waals surface area contributed by atoms with Crippen molar-refractivity contribution in [1.29, 1.82) is 0 Å². The van der Waals surface area contributed by atoms with E-state index in [1.54, 1.807) is 0 Å². The Morgan fingerprint density at radius 1 is 0.275 bits per heavy atom. The van der Waals surface area contributed by atoms with Crippen LogP contribution in [0.15, 0.2) is 265 Å². The molecule has 1 aromatic heterocycles. The molecule has 0 N–H and O–H groups in total. The smallest absolute Gasteiger partial charge is 0.136 e. The minimum Gasteiger partial charge on any atom is -0.456 e. The second-order valence-corrected chi connectivity index (χ2v) is 18.3. The SMILES string of the molecule is c1ccc(-c2ccc(-c3ccc(N(c4ccc(-c5ccccc5)cc4)c4ccc5oc6cc7c(c(-c8ccccc8)c6c5c4)-c4ccccc4C74c5ccccc5-c5ccccc54)cc3)cc2)cc1. The van der Waals surface area contributed by atoms with Gasteiger partial charge in [0.1, 0.15) is 11.2 Å². The van der Waals surface area contributed by atoms with Crippen molar-refractivity contribution in [2.24, 2.45) is 0 Å². The van der Waals surface area contributed by atoms with Crippen molar-refractivity contribution in [1.82, 2.24) is 0 Å². The monoisotopic (exact) mass is 877 g/mol. The van der Waals surface area contributed by atoms with Crippen LogP contribution in [0, 0.1) is 0 Å². The second kappa shape index (κ2) is 15.6. The van der Waals surface area contributed by atoms with E-state index in [0.29, 0.717) is 0 Å². The summed E-state index contributed by atoms with van der Waals surface area (Å²) in [5, 5.41) is 2.20. The van der Waals surface area contributed by atoms with Gasteiger partial charge in [0.25, 0.3) is 0 Å². The molecule has 0 bridgehead atoms. The van der Waals surface area contributed by atoms with Crippen LogP contribution in [0.1, 0.15) is 22.3 Å². The molecule has 2 nitrogen and oxygen atoms in total. The first-order chi connectivity index (χ1) is 34.2. The Labute approximate surface area is 401 Å². The van der Waals surface area contributed by atoms with E-state index < -0.39 is 5.41 Å². The van der Waals surface area contributed by atoms with E-state index in [-0.39, 0.29) is 0 Å². The number of nitrogens with zero attached hydrogens (tertiary/aromatic N) is 1. The van der Waals surface area contributed by atoms with Crippen molar-refractivity contribution in [2.75, 3.05) is 4.90 Å². The molecule has 1 spiro atoms. The summed E-state index contributed by atoms with van der Waals surface area (Å²) < 4.78 is 7.11. The molecule has 2 heteroatoms. The molecule has 2 aliphatic carbocycles. The van der Waals surface area contributed by atoms with Crippen LogP contribution in [-0.4, -0.2) is 0 Å². The molecule has 0 aliphatic heterocycles. The molecular weight excluding hydrogens is 835 g/mol. The van der Waals surface area contributed by atoms with E-state index in [0.717, 1.165) is 39.0 Å². The molecule has 0 saturated heterocycles. The van der Waals surface area contributed by atoms with Crippen LogP contribution in [0.4, 0.5) is 17.1 Å². The van der Waals surface area contributed by atoms with Gasteiger partial charge >= 0.3 is 0 Å². The predicted molar refractivity (Wildman–Crippen MR) is 286 cm³/mol. The van der Waals surface area contributed by atoms with Gasteiger partial charge in [0.05, 0.1) is 5.41 Å². The van der Waals surface area contributed by atoms with Gasteiger partial charge in [0, 0.05) is 33.4 Å². The normalized spacial score (nSPS) is 12.8. The molecule has 0 radical (unpaired) electrons. The summed E-state index contributed by atoms with van der Waals surface area (Å²) in [5.74, 6) is 0. The Balaban J connectivity index is 0.972. The maximum absolute atomic E-state index is 7.11. The highest BCUT2D eigenvalue weighted by atomic mass is 16.3. The van der Waals surface area contributed by atoms with Gasteiger partial charge in [-0.2, -0.15) is 0 Å². The van der Waals surface area contributed by atoms with Crippen LogP contribution < -0.4 is 4.90 Å². The third-order valence-corrected chi connectivity index (χ3v) is 14.7. The molecule has 0 atom stereocenters. The lowest BCUT2D eigenvalue weighted by atomic mass is 9.70. The lowest BCUT2D eigenvalue weighted by molar-refractivity contribution is 0.666. The molecule has 0 amide bonds. The Morgan fingerprint density at radius 2 is 0.667 bits per heavy atom. The first-order valence-corrected chi connectivity index (χ1v) is 23.8. The first kappa shape index (κ1) is 39.2. The van der Waals surface area contributed by atoms with Crippen LogP contribution in [0.2, 0.25) is 0 Å². The number of benzene rings is 11. The minimum atomic E-state index is -0.500. The Kier molecular flexibility index (Phi) is 8.84. The third kappa shape index (κ3) is 5.99. The third-order valence-electron chi connectivity index (χ3n) is 14.7. The zero-order valence-corrected chi connectivity index (χ0v) is 37.7. The fraction of sp³-hybridized carbons (Fsp3) is 0.0149. The zero-order valence-electron chi connectivity index (χ0n) is 37.7. The maximum atomic E-state index is 7.11. The van der Waals surface area contributed by atoms with E-state index >= 15 is 0 Å². The van der Waals surface area contributed by atoms with Crippen molar-refractivity contribution in [3.8, 4) is 66.8 Å². The highest BCUT2D eigenvalue weighted by Crippen LogP contribution is 2.65. The standard InChI is InChI=1S/C67H43NO/c1-4-16-44(17-5-1)46-28-30-47(31-29-46)49-34-38-52(39-35-49)68(51-36-32-48(33-37-51)45-18-6-2-7-19-45)53-40-41-62-57(42-53)66-63(69-62)43-61-65(64(66)50-20-8-3-9-21-50)56-24-12-15-27-60(56)67(61)58-25-13-10-22-54(58)55-23-11-14-26-59(55)67/h1-43H. The molecule has 12 aromatic rings. The molecule has 69 heavy (non-hydrogen) atoms. The van der Waals surface area contributed by atoms with Crippen molar-refractivity contribution in [3.05, 3.63) is 283 Å². The zero-order chi connectivity index (χ0) is 45.5. The Bertz CT molecular complexity index is 3860. The van der Waals surface area contributed by atoms with Crippen LogP contribution in [-0.2, 0) is 5.41 Å². The first-order valence-electron chi connectivity index (χ1n) is 23.8. The maximum Gasteiger partial charge on any atom is 0.136 e. The Morgan fingerprint density at radius 3 is 1.17 bits per heavy atom. The average Bonchev–Trinajstić information content (AvgIpc) is 4.05. The summed E-state index contributed by atoms with van der Waals surface area (Å²) in [6, 6.07) is 95.1. The van der Waals surface area contributed by atoms with Crippen LogP contribution in [0.3, 0.4) is 0 Å². The number of hydrogen-bond donors (Lipinski definition) is 0. The van der Waals surface area contributed by atoms with Crippen molar-refractivity contribution in [2.45, 2.75) is 5.41 Å². The van der Waals surface area contributed by atoms with Gasteiger partial charge in [-0.05, 0) is 132 Å². The van der Waals surface area contributed by atoms with E-state index in [4.69, 9.17) is 4.42 Å². The molecule has 0 saturated carbocycles. The molecule has 14 rings (SSSR count). The van der Waals surface area contributed by atoms with E-state index in [1.807, 2.05) is 0 Å². The molecular formula is C67H43NO. The second-order valence-electron chi connectivity index (χ2n) is 18.3. The Hall–Kier alpha value is -8.98. The summed E-state index contributed by atoms with van der Waals surface area (Å²) in [6.45, 7) is 0. The lowest BCUT2D eigenvalue weighted by Gasteiger charge is -2.30. The molecule has 2 aliphatic rings. The predicted octanol–water partition coefficient (Wildman–Crippen LogP) is 18.1. The van der Waals surface area contributed by atoms with Gasteiger partial charge in [-0.25, -0.2) is 0 Å². The van der Waals surface area contributed by atoms with Gasteiger partial charge in [-0.1, -0.05) is 212 Å². The fourth-order valence-corrected chi connectivity index (χ4v) is 11.7. The van der Waals surface area contributed by atoms with Crippen molar-refractivity contribution in [3.63, 3.8) is 0 Å². The van der Waals surface area contributed by atoms with Gasteiger partial charge in [0.15, 0.2) is 0 Å². The number of hydrogen-bond acceptors (Lipinski definition) is 2. The summed E-state index contributed by atoms with van der Waals surface area (Å²) in [7, 11) is 0. The van der Waals surface area contributed by atoms with E-state index in [2.05, 4.69) is 266 Å². The van der Waals surface area contributed by atoms with Crippen LogP contribution in [0.25, 0.3) is 88.7 Å². The summed E-state index contributed by atoms with van der Waals surface area (Å²) in [6.07, 6.45) is 0. The van der Waals surface area contributed by atoms with Crippen molar-refractivity contribution < 1.29 is 4.42 Å². The van der Waals surface area contributed by atoms with Crippen LogP contribution in [0.5, 0.6) is 0 Å². The van der Waals surface area contributed by atoms with Crippen LogP contribution >= 0.6 is 0 Å². The topological polar surface area (TPSA) is 16.4 Å². The van der Waals surface area contributed by atoms with Crippen molar-refractivity contribution >= 4 is 39.0 Å². The van der Waals surface area contributed by atoms with E-state index in [1.165, 1.54) is 89.0 Å². The quantitative estimate of drug-likeness (QED) is 0.159. The van der Waals surface area contributed by atoms with E-state index in [9.17, 15) is 0 Å². The number of rotatable bonds is 7. The molecule has 11 aromatic carbocycles. The van der Waals surface area contributed by atoms with Gasteiger partial charge < -0.3 is 9.32 Å². The summed E-state index contributed by atoms with van der Waals surface area (Å²) >= 11 is 0. The highest BCUT2D eigenvalue weighted by molar-refractivity contribution is 6.19. The van der Waals surface area contributed by atoms with Gasteiger partial charge in [-0.3, -0.25) is 0 Å². The number of fused-ring (bicyclic) bond motifs is 13. The molecule has 0 fully saturated rings. The summed E-state index contributed by atoms with van der Waals surface area (Å²) in [5.41, 5.74) is 24.3. The molecule has 0 unspecified atom stereocenters. The summed E-state index contributed by atoms with van der Waals surface area (Å²) in [4.78, 5) is 2.38. The molecule has 1 heterocycles. The minimum absolute atomic E-state index is 0.500. The molecule has 322 valence electrons. The average molecular weight is 878 g/mol. The number of anilines is 3.